The van der Waals surface area contributed by atoms with Gasteiger partial charge in [0.25, 0.3) is 0 Å². The summed E-state index contributed by atoms with van der Waals surface area (Å²) in [5, 5.41) is 3.13. The molecule has 0 atom stereocenters. The summed E-state index contributed by atoms with van der Waals surface area (Å²) in [4.78, 5) is 0. The molecule has 0 saturated carbocycles. The first kappa shape index (κ1) is 12.9. The molecule has 0 unspecified atom stereocenters. The van der Waals surface area contributed by atoms with Crippen LogP contribution >= 0.6 is 22.6 Å². The minimum atomic E-state index is -0.390. The monoisotopic (exact) mass is 358 g/mol. The van der Waals surface area contributed by atoms with Crippen LogP contribution in [0.4, 0.5) is 21.5 Å². The van der Waals surface area contributed by atoms with Crippen molar-refractivity contribution in [1.29, 1.82) is 0 Å². The van der Waals surface area contributed by atoms with Gasteiger partial charge in [-0.25, -0.2) is 4.39 Å². The smallest absolute Gasteiger partial charge is 0.165 e. The molecule has 18 heavy (non-hydrogen) atoms. The van der Waals surface area contributed by atoms with Crippen LogP contribution in [0, 0.1) is 9.39 Å². The first-order chi connectivity index (χ1) is 8.60. The quantitative estimate of drug-likeness (QED) is 0.649. The van der Waals surface area contributed by atoms with Crippen molar-refractivity contribution in [2.75, 3.05) is 18.2 Å². The summed E-state index contributed by atoms with van der Waals surface area (Å²) in [6.45, 7) is 0. The number of nitrogens with one attached hydrogen (secondary N) is 1. The fourth-order valence-corrected chi connectivity index (χ4v) is 2.06. The van der Waals surface area contributed by atoms with Crippen LogP contribution in [0.15, 0.2) is 36.4 Å². The van der Waals surface area contributed by atoms with E-state index in [-0.39, 0.29) is 5.75 Å². The summed E-state index contributed by atoms with van der Waals surface area (Å²) in [5.74, 6) is -0.192. The molecule has 0 heterocycles. The molecule has 3 N–H and O–H groups in total. The van der Waals surface area contributed by atoms with E-state index in [4.69, 9.17) is 10.5 Å². The second kappa shape index (κ2) is 5.43. The van der Waals surface area contributed by atoms with Crippen molar-refractivity contribution in [2.45, 2.75) is 0 Å². The molecule has 2 aromatic carbocycles. The summed E-state index contributed by atoms with van der Waals surface area (Å²) in [5.41, 5.74) is 8.05. The number of halogens is 2. The Kier molecular flexibility index (Phi) is 3.90. The lowest BCUT2D eigenvalue weighted by Crippen LogP contribution is -1.97. The molecule has 2 rings (SSSR count). The maximum atomic E-state index is 13.3. The average molecular weight is 358 g/mol. The maximum absolute atomic E-state index is 13.3. The maximum Gasteiger partial charge on any atom is 0.165 e. The molecule has 0 spiro atoms. The van der Waals surface area contributed by atoms with Gasteiger partial charge in [0.15, 0.2) is 11.6 Å². The third-order valence-electron chi connectivity index (χ3n) is 2.44. The molecule has 2 aromatic rings. The molecule has 0 aliphatic carbocycles. The molecule has 0 radical (unpaired) electrons. The summed E-state index contributed by atoms with van der Waals surface area (Å²) >= 11 is 2.19. The Labute approximate surface area is 118 Å². The summed E-state index contributed by atoms with van der Waals surface area (Å²) < 4.78 is 19.3. The van der Waals surface area contributed by atoms with Crippen LogP contribution in [0.5, 0.6) is 5.75 Å². The normalized spacial score (nSPS) is 10.2. The molecule has 0 aliphatic heterocycles. The summed E-state index contributed by atoms with van der Waals surface area (Å²) in [6, 6.07) is 10.3. The molecule has 0 aromatic heterocycles. The molecule has 0 saturated heterocycles. The Hall–Kier alpha value is -1.50. The Bertz CT molecular complexity index is 575. The first-order valence-corrected chi connectivity index (χ1v) is 6.33. The summed E-state index contributed by atoms with van der Waals surface area (Å²) in [6.07, 6.45) is 0. The Balaban J connectivity index is 2.28. The van der Waals surface area contributed by atoms with E-state index in [0.29, 0.717) is 5.69 Å². The second-order valence-corrected chi connectivity index (χ2v) is 4.95. The lowest BCUT2D eigenvalue weighted by atomic mass is 10.2. The number of benzene rings is 2. The van der Waals surface area contributed by atoms with E-state index in [0.717, 1.165) is 14.9 Å². The van der Waals surface area contributed by atoms with Crippen molar-refractivity contribution in [3.8, 4) is 5.75 Å². The second-order valence-electron chi connectivity index (χ2n) is 3.71. The van der Waals surface area contributed by atoms with Crippen molar-refractivity contribution >= 4 is 39.7 Å². The zero-order valence-electron chi connectivity index (χ0n) is 9.71. The fourth-order valence-electron chi connectivity index (χ4n) is 1.54. The molecule has 0 aliphatic rings. The van der Waals surface area contributed by atoms with Gasteiger partial charge in [0.05, 0.1) is 18.5 Å². The van der Waals surface area contributed by atoms with E-state index in [1.807, 2.05) is 18.2 Å². The number of methoxy groups -OCH3 is 1. The van der Waals surface area contributed by atoms with Crippen molar-refractivity contribution in [3.63, 3.8) is 0 Å². The minimum Gasteiger partial charge on any atom is -0.494 e. The predicted octanol–water partition coefficient (Wildman–Crippen LogP) is 3.76. The van der Waals surface area contributed by atoms with Gasteiger partial charge in [-0.05, 0) is 52.9 Å². The van der Waals surface area contributed by atoms with Crippen LogP contribution < -0.4 is 15.8 Å². The third-order valence-corrected chi connectivity index (χ3v) is 3.11. The van der Waals surface area contributed by atoms with Gasteiger partial charge in [0.2, 0.25) is 0 Å². The third kappa shape index (κ3) is 2.84. The van der Waals surface area contributed by atoms with E-state index >= 15 is 0 Å². The Morgan fingerprint density at radius 3 is 2.67 bits per heavy atom. The van der Waals surface area contributed by atoms with Crippen LogP contribution in [-0.4, -0.2) is 7.11 Å². The number of rotatable bonds is 3. The van der Waals surface area contributed by atoms with Crippen LogP contribution in [0.25, 0.3) is 0 Å². The number of nitrogens with two attached hydrogens (primary N) is 1. The molecular weight excluding hydrogens is 346 g/mol. The highest BCUT2D eigenvalue weighted by Gasteiger charge is 2.05. The number of anilines is 3. The van der Waals surface area contributed by atoms with Crippen molar-refractivity contribution in [3.05, 3.63) is 45.8 Å². The molecular formula is C13H12FIN2O. The minimum absolute atomic E-state index is 0.198. The molecule has 5 heteroatoms. The fraction of sp³-hybridized carbons (Fsp3) is 0.0769. The van der Waals surface area contributed by atoms with Gasteiger partial charge < -0.3 is 15.8 Å². The molecule has 0 fully saturated rings. The van der Waals surface area contributed by atoms with Gasteiger partial charge >= 0.3 is 0 Å². The van der Waals surface area contributed by atoms with Crippen LogP contribution in [0.2, 0.25) is 0 Å². The highest BCUT2D eigenvalue weighted by atomic mass is 127. The molecule has 0 amide bonds. The lowest BCUT2D eigenvalue weighted by molar-refractivity contribution is 0.387. The van der Waals surface area contributed by atoms with Gasteiger partial charge in [-0.1, -0.05) is 0 Å². The molecule has 3 nitrogen and oxygen atoms in total. The lowest BCUT2D eigenvalue weighted by Gasteiger charge is -2.11. The van der Waals surface area contributed by atoms with Crippen LogP contribution in [0.3, 0.4) is 0 Å². The Morgan fingerprint density at radius 1 is 1.22 bits per heavy atom. The van der Waals surface area contributed by atoms with Gasteiger partial charge in [-0.15, -0.1) is 0 Å². The van der Waals surface area contributed by atoms with Gasteiger partial charge in [0, 0.05) is 15.3 Å². The highest BCUT2D eigenvalue weighted by molar-refractivity contribution is 14.1. The summed E-state index contributed by atoms with van der Waals surface area (Å²) in [7, 11) is 1.43. The van der Waals surface area contributed by atoms with E-state index in [1.54, 1.807) is 12.1 Å². The van der Waals surface area contributed by atoms with E-state index in [9.17, 15) is 4.39 Å². The van der Waals surface area contributed by atoms with Gasteiger partial charge in [-0.2, -0.15) is 0 Å². The Morgan fingerprint density at radius 2 is 2.00 bits per heavy atom. The number of nitrogen functional groups attached to an aromatic ring is 1. The number of hydrogen-bond acceptors (Lipinski definition) is 3. The van der Waals surface area contributed by atoms with E-state index in [2.05, 4.69) is 27.9 Å². The van der Waals surface area contributed by atoms with E-state index < -0.39 is 5.82 Å². The van der Waals surface area contributed by atoms with E-state index in [1.165, 1.54) is 13.2 Å². The largest absolute Gasteiger partial charge is 0.494 e. The average Bonchev–Trinajstić information content (AvgIpc) is 2.35. The predicted molar refractivity (Wildman–Crippen MR) is 79.8 cm³/mol. The number of ether oxygens (including phenoxy) is 1. The highest BCUT2D eigenvalue weighted by Crippen LogP contribution is 2.28. The molecule has 94 valence electrons. The van der Waals surface area contributed by atoms with Crippen molar-refractivity contribution < 1.29 is 9.13 Å². The van der Waals surface area contributed by atoms with Gasteiger partial charge in [-0.3, -0.25) is 0 Å². The van der Waals surface area contributed by atoms with Crippen molar-refractivity contribution in [2.24, 2.45) is 0 Å². The number of hydrogen-bond donors (Lipinski definition) is 2. The first-order valence-electron chi connectivity index (χ1n) is 5.26. The standard InChI is InChI=1S/C13H12FIN2O/c1-18-13-7-9(3-4-10(13)14)17-12-5-2-8(15)6-11(12)16/h2-7,17H,16H2,1H3. The zero-order chi connectivity index (χ0) is 13.1. The zero-order valence-corrected chi connectivity index (χ0v) is 11.9. The van der Waals surface area contributed by atoms with Crippen molar-refractivity contribution in [1.82, 2.24) is 0 Å². The SMILES string of the molecule is COc1cc(Nc2ccc(I)cc2N)ccc1F. The van der Waals surface area contributed by atoms with Gasteiger partial charge in [0.1, 0.15) is 0 Å². The van der Waals surface area contributed by atoms with Crippen LogP contribution in [-0.2, 0) is 0 Å². The molecule has 0 bridgehead atoms. The van der Waals surface area contributed by atoms with Crippen LogP contribution in [0.1, 0.15) is 0 Å². The topological polar surface area (TPSA) is 47.3 Å².